The van der Waals surface area contributed by atoms with E-state index in [0.29, 0.717) is 0 Å². The first kappa shape index (κ1) is 20.9. The third-order valence-electron chi connectivity index (χ3n) is 5.36. The van der Waals surface area contributed by atoms with Gasteiger partial charge < -0.3 is 5.32 Å². The summed E-state index contributed by atoms with van der Waals surface area (Å²) in [7, 11) is 0. The molecule has 0 radical (unpaired) electrons. The Kier molecular flexibility index (Phi) is 6.78. The Morgan fingerprint density at radius 3 is 2.54 bits per heavy atom. The summed E-state index contributed by atoms with van der Waals surface area (Å²) in [4.78, 5) is 7.10. The van der Waals surface area contributed by atoms with Crippen LogP contribution in [0.1, 0.15) is 24.1 Å². The molecule has 2 aliphatic rings. The van der Waals surface area contributed by atoms with E-state index in [0.717, 1.165) is 43.4 Å². The average molecular weight is 421 g/mol. The van der Waals surface area contributed by atoms with E-state index in [-0.39, 0.29) is 24.8 Å². The summed E-state index contributed by atoms with van der Waals surface area (Å²) in [5.41, 5.74) is 4.67. The number of fused-ring (bicyclic) bond motifs is 1. The molecule has 3 aromatic rings. The maximum absolute atomic E-state index is 4.75. The number of aromatic nitrogens is 4. The maximum atomic E-state index is 4.75. The molecule has 1 saturated heterocycles. The molecule has 0 unspecified atom stereocenters. The predicted octanol–water partition coefficient (Wildman–Crippen LogP) is 3.28. The van der Waals surface area contributed by atoms with Crippen LogP contribution in [-0.2, 0) is 19.6 Å². The van der Waals surface area contributed by atoms with Gasteiger partial charge in [-0.1, -0.05) is 12.1 Å². The van der Waals surface area contributed by atoms with E-state index in [9.17, 15) is 0 Å². The maximum Gasteiger partial charge on any atom is 0.165 e. The molecule has 0 saturated carbocycles. The van der Waals surface area contributed by atoms with Crippen molar-refractivity contribution in [3.05, 3.63) is 54.0 Å². The lowest BCUT2D eigenvalue weighted by atomic mass is 10.2. The fourth-order valence-corrected chi connectivity index (χ4v) is 3.96. The number of imidazole rings is 1. The van der Waals surface area contributed by atoms with Crippen LogP contribution in [-0.4, -0.2) is 43.9 Å². The van der Waals surface area contributed by atoms with Gasteiger partial charge in [0.1, 0.15) is 5.69 Å². The molecule has 0 atom stereocenters. The summed E-state index contributed by atoms with van der Waals surface area (Å²) in [6.45, 7) is 6.28. The van der Waals surface area contributed by atoms with Gasteiger partial charge in [-0.3, -0.25) is 14.1 Å². The van der Waals surface area contributed by atoms with Crippen LogP contribution in [0, 0.1) is 0 Å². The Labute approximate surface area is 177 Å². The lowest BCUT2D eigenvalue weighted by molar-refractivity contribution is 0.331. The first-order chi connectivity index (χ1) is 12.9. The van der Waals surface area contributed by atoms with Gasteiger partial charge in [0.05, 0.1) is 12.2 Å². The highest BCUT2D eigenvalue weighted by Crippen LogP contribution is 2.23. The molecule has 150 valence electrons. The molecule has 2 aliphatic heterocycles. The number of benzene rings is 1. The number of hydrogen-bond acceptors (Lipinski definition) is 4. The molecular weight excluding hydrogens is 395 g/mol. The molecule has 0 spiro atoms. The van der Waals surface area contributed by atoms with E-state index >= 15 is 0 Å². The SMILES string of the molecule is Cl.Cl.c1cn(-c2ccc(CN3CCCC3)cc2)c(-c2cc3n(n2)CCNC3)n1. The van der Waals surface area contributed by atoms with Crippen molar-refractivity contribution >= 4 is 24.8 Å². The van der Waals surface area contributed by atoms with Crippen molar-refractivity contribution in [2.75, 3.05) is 19.6 Å². The molecule has 0 aliphatic carbocycles. The van der Waals surface area contributed by atoms with Crippen molar-refractivity contribution in [3.8, 4) is 17.2 Å². The monoisotopic (exact) mass is 420 g/mol. The van der Waals surface area contributed by atoms with Crippen molar-refractivity contribution in [2.45, 2.75) is 32.5 Å². The number of halogens is 2. The first-order valence-electron chi connectivity index (χ1n) is 9.50. The Hall–Kier alpha value is -1.86. The van der Waals surface area contributed by atoms with Gasteiger partial charge in [-0.25, -0.2) is 4.98 Å². The van der Waals surface area contributed by atoms with Gasteiger partial charge in [0.2, 0.25) is 0 Å². The Morgan fingerprint density at radius 1 is 1.00 bits per heavy atom. The van der Waals surface area contributed by atoms with Gasteiger partial charge in [0.25, 0.3) is 0 Å². The van der Waals surface area contributed by atoms with Crippen LogP contribution in [0.2, 0.25) is 0 Å². The minimum Gasteiger partial charge on any atom is -0.309 e. The Balaban J connectivity index is 0.00000112. The molecule has 8 heteroatoms. The van der Waals surface area contributed by atoms with E-state index in [2.05, 4.69) is 54.8 Å². The van der Waals surface area contributed by atoms with E-state index in [1.165, 1.54) is 37.2 Å². The van der Waals surface area contributed by atoms with Crippen molar-refractivity contribution in [2.24, 2.45) is 0 Å². The van der Waals surface area contributed by atoms with Gasteiger partial charge in [-0.05, 0) is 49.7 Å². The quantitative estimate of drug-likeness (QED) is 0.703. The molecule has 6 nitrogen and oxygen atoms in total. The fraction of sp³-hybridized carbons (Fsp3) is 0.400. The average Bonchev–Trinajstić information content (AvgIpc) is 3.42. The second-order valence-electron chi connectivity index (χ2n) is 7.19. The van der Waals surface area contributed by atoms with Gasteiger partial charge in [-0.2, -0.15) is 5.10 Å². The Morgan fingerprint density at radius 2 is 1.79 bits per heavy atom. The van der Waals surface area contributed by atoms with Crippen molar-refractivity contribution in [3.63, 3.8) is 0 Å². The first-order valence-corrected chi connectivity index (χ1v) is 9.50. The predicted molar refractivity (Wildman–Crippen MR) is 115 cm³/mol. The molecule has 1 N–H and O–H groups in total. The highest BCUT2D eigenvalue weighted by molar-refractivity contribution is 5.85. The number of nitrogens with zero attached hydrogens (tertiary/aromatic N) is 5. The van der Waals surface area contributed by atoms with Crippen LogP contribution in [0.25, 0.3) is 17.2 Å². The number of likely N-dealkylation sites (tertiary alicyclic amines) is 1. The molecule has 4 heterocycles. The second-order valence-corrected chi connectivity index (χ2v) is 7.19. The van der Waals surface area contributed by atoms with Crippen LogP contribution in [0.15, 0.2) is 42.7 Å². The van der Waals surface area contributed by atoms with Gasteiger partial charge in [0.15, 0.2) is 5.82 Å². The van der Waals surface area contributed by atoms with Gasteiger partial charge >= 0.3 is 0 Å². The smallest absolute Gasteiger partial charge is 0.165 e. The molecule has 28 heavy (non-hydrogen) atoms. The molecule has 1 aromatic carbocycles. The normalized spacial score (nSPS) is 16.3. The molecular formula is C20H26Cl2N6. The van der Waals surface area contributed by atoms with Gasteiger partial charge in [-0.15, -0.1) is 24.8 Å². The van der Waals surface area contributed by atoms with E-state index in [1.807, 2.05) is 12.4 Å². The summed E-state index contributed by atoms with van der Waals surface area (Å²) >= 11 is 0. The van der Waals surface area contributed by atoms with E-state index in [4.69, 9.17) is 5.10 Å². The van der Waals surface area contributed by atoms with Crippen LogP contribution in [0.3, 0.4) is 0 Å². The third kappa shape index (κ3) is 4.10. The third-order valence-corrected chi connectivity index (χ3v) is 5.36. The van der Waals surface area contributed by atoms with Crippen LogP contribution < -0.4 is 5.32 Å². The number of hydrogen-bond donors (Lipinski definition) is 1. The highest BCUT2D eigenvalue weighted by Gasteiger charge is 2.17. The number of nitrogens with one attached hydrogen (secondary N) is 1. The fourth-order valence-electron chi connectivity index (χ4n) is 3.96. The topological polar surface area (TPSA) is 50.9 Å². The standard InChI is InChI=1S/C20H24N6.2ClH/c1-2-10-24(9-1)15-16-3-5-17(6-4-16)25-11-8-22-20(25)19-13-18-14-21-7-12-26(18)23-19;;/h3-6,8,11,13,21H,1-2,7,9-10,12,14-15H2;2*1H. The van der Waals surface area contributed by atoms with Crippen LogP contribution in [0.5, 0.6) is 0 Å². The molecule has 1 fully saturated rings. The van der Waals surface area contributed by atoms with Crippen molar-refractivity contribution in [1.29, 1.82) is 0 Å². The lowest BCUT2D eigenvalue weighted by Crippen LogP contribution is -2.28. The zero-order chi connectivity index (χ0) is 17.3. The summed E-state index contributed by atoms with van der Waals surface area (Å²) in [5.74, 6) is 0.902. The highest BCUT2D eigenvalue weighted by atomic mass is 35.5. The number of rotatable bonds is 4. The molecule has 2 aromatic heterocycles. The second kappa shape index (κ2) is 9.09. The summed E-state index contributed by atoms with van der Waals surface area (Å²) in [6, 6.07) is 11.0. The largest absolute Gasteiger partial charge is 0.309 e. The summed E-state index contributed by atoms with van der Waals surface area (Å²) in [6.07, 6.45) is 6.53. The zero-order valence-corrected chi connectivity index (χ0v) is 17.4. The molecule has 0 bridgehead atoms. The van der Waals surface area contributed by atoms with Crippen molar-refractivity contribution in [1.82, 2.24) is 29.5 Å². The van der Waals surface area contributed by atoms with Crippen molar-refractivity contribution < 1.29 is 0 Å². The Bertz CT molecular complexity index is 872. The van der Waals surface area contributed by atoms with Crippen LogP contribution in [0.4, 0.5) is 0 Å². The molecule has 5 rings (SSSR count). The lowest BCUT2D eigenvalue weighted by Gasteiger charge is -2.15. The summed E-state index contributed by atoms with van der Waals surface area (Å²) in [5, 5.41) is 8.14. The van der Waals surface area contributed by atoms with E-state index in [1.54, 1.807) is 0 Å². The van der Waals surface area contributed by atoms with Gasteiger partial charge in [0, 0.05) is 37.7 Å². The molecule has 0 amide bonds. The zero-order valence-electron chi connectivity index (χ0n) is 15.8. The summed E-state index contributed by atoms with van der Waals surface area (Å²) < 4.78 is 4.21. The minimum absolute atomic E-state index is 0. The van der Waals surface area contributed by atoms with E-state index < -0.39 is 0 Å². The minimum atomic E-state index is 0. The van der Waals surface area contributed by atoms with Crippen LogP contribution >= 0.6 is 24.8 Å².